The molecular weight excluding hydrogens is 247 g/mol. The van der Waals surface area contributed by atoms with Gasteiger partial charge in [-0.3, -0.25) is 12.2 Å². The van der Waals surface area contributed by atoms with Crippen molar-refractivity contribution in [2.75, 3.05) is 0 Å². The van der Waals surface area contributed by atoms with Crippen LogP contribution in [0.1, 0.15) is 14.3 Å². The van der Waals surface area contributed by atoms with Crippen LogP contribution in [0.5, 0.6) is 0 Å². The third-order valence-electron chi connectivity index (χ3n) is 1.17. The monoisotopic (exact) mass is 257 g/mol. The maximum atomic E-state index is 2.99. The van der Waals surface area contributed by atoms with E-state index < -0.39 is 0 Å². The first-order chi connectivity index (χ1) is 5.00. The molecule has 0 unspecified atom stereocenters. The van der Waals surface area contributed by atoms with Crippen LogP contribution in [0.4, 0.5) is 0 Å². The fraction of sp³-hybridized carbons (Fsp3) is 0.200. The molecule has 0 aromatic carbocycles. The minimum absolute atomic E-state index is 0. The summed E-state index contributed by atoms with van der Waals surface area (Å²) in [5.41, 5.74) is 0. The fourth-order valence-electron chi connectivity index (χ4n) is 0.680. The first-order valence-electron chi connectivity index (χ1n) is 3.43. The number of rotatable bonds is 0. The molecule has 2 aliphatic carbocycles. The van der Waals surface area contributed by atoms with E-state index in [1.807, 2.05) is 24.3 Å². The average molecular weight is 259 g/mol. The quantitative estimate of drug-likeness (QED) is 0.525. The minimum atomic E-state index is 0. The molecule has 0 aromatic heterocycles. The summed E-state index contributed by atoms with van der Waals surface area (Å²) in [4.78, 5) is 0. The summed E-state index contributed by atoms with van der Waals surface area (Å²) >= 11 is 0. The van der Waals surface area contributed by atoms with Crippen LogP contribution in [-0.4, -0.2) is 0 Å². The summed E-state index contributed by atoms with van der Waals surface area (Å²) in [5, 5.41) is 0. The summed E-state index contributed by atoms with van der Waals surface area (Å²) in [7, 11) is 0. The van der Waals surface area contributed by atoms with E-state index in [-0.39, 0.29) is 40.0 Å². The van der Waals surface area contributed by atoms with Crippen LogP contribution in [0.3, 0.4) is 0 Å². The molecule has 2 heteroatoms. The van der Waals surface area contributed by atoms with E-state index in [4.69, 9.17) is 0 Å². The second kappa shape index (κ2) is 11.1. The first kappa shape index (κ1) is 14.6. The van der Waals surface area contributed by atoms with Crippen molar-refractivity contribution in [2.45, 2.75) is 12.8 Å². The van der Waals surface area contributed by atoms with Crippen molar-refractivity contribution in [2.24, 2.45) is 0 Å². The maximum Gasteiger partial charge on any atom is 4.00 e. The molecule has 0 nitrogen and oxygen atoms in total. The van der Waals surface area contributed by atoms with Crippen LogP contribution >= 0.6 is 0 Å². The van der Waals surface area contributed by atoms with Gasteiger partial charge in [0.25, 0.3) is 0 Å². The molecule has 12 heavy (non-hydrogen) atoms. The van der Waals surface area contributed by atoms with Gasteiger partial charge in [0.1, 0.15) is 0 Å². The van der Waals surface area contributed by atoms with Crippen molar-refractivity contribution < 1.29 is 40.0 Å². The van der Waals surface area contributed by atoms with E-state index in [9.17, 15) is 0 Å². The van der Waals surface area contributed by atoms with E-state index in [1.54, 1.807) is 0 Å². The van der Waals surface area contributed by atoms with Crippen LogP contribution in [0, 0.1) is 12.2 Å². The Morgan fingerprint density at radius 2 is 1.33 bits per heavy atom. The van der Waals surface area contributed by atoms with Crippen molar-refractivity contribution in [1.29, 1.82) is 0 Å². The molecule has 0 fully saturated rings. The number of halogens is 1. The summed E-state index contributed by atoms with van der Waals surface area (Å²) < 4.78 is 0. The van der Waals surface area contributed by atoms with Crippen molar-refractivity contribution >= 4 is 0 Å². The van der Waals surface area contributed by atoms with Gasteiger partial charge < -0.3 is 13.8 Å². The van der Waals surface area contributed by atoms with E-state index in [0.29, 0.717) is 0 Å². The SMILES string of the molecule is [2H-].[C-]1=CC=CC1.[C-]1=CC=CC1.[Cl-].[Zr+4]. The molecule has 0 aromatic rings. The largest absolute Gasteiger partial charge is 4.00 e. The smallest absolute Gasteiger partial charge is 1.00 e. The Morgan fingerprint density at radius 3 is 1.42 bits per heavy atom. The molecule has 0 atom stereocenters. The standard InChI is InChI=1S/2C5H5.ClH.Zr.H/c2*1-2-4-5-3-1;;;/h2*1-3H,4H2;1H;;/q2*-1;;+4;-1/p-1/i;;;;1+1. The molecule has 0 amide bonds. The summed E-state index contributed by atoms with van der Waals surface area (Å²) in [6.45, 7) is 0. The van der Waals surface area contributed by atoms with E-state index in [1.165, 1.54) is 0 Å². The Morgan fingerprint density at radius 1 is 0.917 bits per heavy atom. The van der Waals surface area contributed by atoms with Crippen LogP contribution in [0.15, 0.2) is 36.5 Å². The predicted octanol–water partition coefficient (Wildman–Crippen LogP) is -0.275. The van der Waals surface area contributed by atoms with Crippen molar-refractivity contribution in [3.8, 4) is 0 Å². The molecule has 0 bridgehead atoms. The Hall–Kier alpha value is 0.133. The molecule has 0 spiro atoms. The molecular formula is C10H11ClZr. The van der Waals surface area contributed by atoms with Gasteiger partial charge in [-0.15, -0.1) is 12.8 Å². The Balaban J connectivity index is -0.000000125. The van der Waals surface area contributed by atoms with E-state index in [2.05, 4.69) is 24.3 Å². The zero-order chi connectivity index (χ0) is 7.07. The molecule has 0 saturated carbocycles. The van der Waals surface area contributed by atoms with Gasteiger partial charge in [0.15, 0.2) is 0 Å². The minimum Gasteiger partial charge on any atom is -1.00 e. The molecule has 0 N–H and O–H groups in total. The molecule has 0 heterocycles. The van der Waals surface area contributed by atoms with Gasteiger partial charge >= 0.3 is 26.2 Å². The van der Waals surface area contributed by atoms with Gasteiger partial charge in [-0.2, -0.15) is 12.2 Å². The summed E-state index contributed by atoms with van der Waals surface area (Å²) in [6.07, 6.45) is 20.0. The van der Waals surface area contributed by atoms with Crippen LogP contribution in [-0.2, 0) is 26.2 Å². The van der Waals surface area contributed by atoms with Gasteiger partial charge in [0.2, 0.25) is 0 Å². The van der Waals surface area contributed by atoms with Gasteiger partial charge in [0.05, 0.1) is 0 Å². The second-order valence-electron chi connectivity index (χ2n) is 2.01. The summed E-state index contributed by atoms with van der Waals surface area (Å²) in [5.74, 6) is 0. The van der Waals surface area contributed by atoms with Gasteiger partial charge in [-0.1, -0.05) is 0 Å². The third-order valence-corrected chi connectivity index (χ3v) is 1.17. The molecule has 0 saturated heterocycles. The van der Waals surface area contributed by atoms with Crippen molar-refractivity contribution in [1.82, 2.24) is 0 Å². The van der Waals surface area contributed by atoms with Gasteiger partial charge in [-0.05, 0) is 0 Å². The normalized spacial score (nSPS) is 14.7. The van der Waals surface area contributed by atoms with Gasteiger partial charge in [-0.25, -0.2) is 24.3 Å². The van der Waals surface area contributed by atoms with Crippen molar-refractivity contribution in [3.05, 3.63) is 48.6 Å². The zero-order valence-electron chi connectivity index (χ0n) is 7.76. The predicted molar refractivity (Wildman–Crippen MR) is 44.3 cm³/mol. The molecule has 0 radical (unpaired) electrons. The number of hydrogen-bond acceptors (Lipinski definition) is 0. The van der Waals surface area contributed by atoms with Crippen LogP contribution in [0.2, 0.25) is 0 Å². The number of allylic oxidation sites excluding steroid dienone is 8. The fourth-order valence-corrected chi connectivity index (χ4v) is 0.680. The topological polar surface area (TPSA) is 0 Å². The van der Waals surface area contributed by atoms with Gasteiger partial charge in [0, 0.05) is 0 Å². The molecule has 2 aliphatic rings. The Labute approximate surface area is 101 Å². The maximum absolute atomic E-state index is 2.99. The second-order valence-corrected chi connectivity index (χ2v) is 2.01. The van der Waals surface area contributed by atoms with Crippen molar-refractivity contribution in [3.63, 3.8) is 0 Å². The Bertz CT molecular complexity index is 153. The summed E-state index contributed by atoms with van der Waals surface area (Å²) in [6, 6.07) is 0. The number of hydrogen-bond donors (Lipinski definition) is 0. The van der Waals surface area contributed by atoms with Crippen LogP contribution in [0.25, 0.3) is 0 Å². The van der Waals surface area contributed by atoms with Crippen LogP contribution < -0.4 is 12.4 Å². The molecule has 2 rings (SSSR count). The zero-order valence-corrected chi connectivity index (χ0v) is 9.97. The Kier molecular flexibility index (Phi) is 13.6. The van der Waals surface area contributed by atoms with E-state index in [0.717, 1.165) is 12.8 Å². The average Bonchev–Trinajstić information content (AvgIpc) is 2.67. The first-order valence-corrected chi connectivity index (χ1v) is 3.43. The van der Waals surface area contributed by atoms with E-state index >= 15 is 0 Å². The third kappa shape index (κ3) is 8.23. The molecule has 62 valence electrons. The molecule has 0 aliphatic heterocycles.